The zero-order chi connectivity index (χ0) is 14.8. The van der Waals surface area contributed by atoms with Crippen molar-refractivity contribution in [1.29, 1.82) is 0 Å². The minimum Gasteiger partial charge on any atom is -0.477 e. The van der Waals surface area contributed by atoms with Gasteiger partial charge in [-0.1, -0.05) is 18.2 Å². The first-order valence-electron chi connectivity index (χ1n) is 5.36. The molecule has 1 aromatic heterocycles. The summed E-state index contributed by atoms with van der Waals surface area (Å²) in [7, 11) is 0. The van der Waals surface area contributed by atoms with Crippen molar-refractivity contribution in [2.45, 2.75) is 6.30 Å². The lowest BCUT2D eigenvalue weighted by Crippen LogP contribution is -2.35. The van der Waals surface area contributed by atoms with E-state index < -0.39 is 23.7 Å². The van der Waals surface area contributed by atoms with E-state index >= 15 is 0 Å². The zero-order valence-electron chi connectivity index (χ0n) is 9.87. The van der Waals surface area contributed by atoms with Crippen LogP contribution in [0.4, 0.5) is 24.7 Å². The molecule has 1 N–H and O–H groups in total. The summed E-state index contributed by atoms with van der Waals surface area (Å²) in [5.41, 5.74) is -0.866. The molecule has 0 saturated heterocycles. The van der Waals surface area contributed by atoms with Gasteiger partial charge in [0.2, 0.25) is 0 Å². The molecule has 0 amide bonds. The number of aromatic nitrogens is 2. The number of carboxylic acid groups (broad SMARTS) is 1. The smallest absolute Gasteiger partial charge is 0.477 e. The van der Waals surface area contributed by atoms with Crippen molar-refractivity contribution in [2.75, 3.05) is 4.90 Å². The van der Waals surface area contributed by atoms with Crippen LogP contribution >= 0.6 is 0 Å². The van der Waals surface area contributed by atoms with Crippen molar-refractivity contribution in [2.24, 2.45) is 0 Å². The monoisotopic (exact) mass is 283 g/mol. The van der Waals surface area contributed by atoms with Crippen molar-refractivity contribution >= 4 is 17.5 Å². The van der Waals surface area contributed by atoms with Crippen LogP contribution in [-0.2, 0) is 0 Å². The fraction of sp³-hybridized carbons (Fsp3) is 0.0833. The predicted molar refractivity (Wildman–Crippen MR) is 63.6 cm³/mol. The average Bonchev–Trinajstić information content (AvgIpc) is 2.39. The fourth-order valence-electron chi connectivity index (χ4n) is 1.62. The molecule has 0 fully saturated rings. The van der Waals surface area contributed by atoms with Crippen LogP contribution in [0.15, 0.2) is 42.9 Å². The van der Waals surface area contributed by atoms with Crippen LogP contribution in [0.25, 0.3) is 0 Å². The van der Waals surface area contributed by atoms with Crippen LogP contribution in [0.5, 0.6) is 0 Å². The Bertz CT molecular complexity index is 617. The van der Waals surface area contributed by atoms with Crippen LogP contribution in [0.2, 0.25) is 0 Å². The number of anilines is 2. The van der Waals surface area contributed by atoms with Crippen molar-refractivity contribution in [1.82, 2.24) is 9.97 Å². The van der Waals surface area contributed by atoms with Gasteiger partial charge in [-0.2, -0.15) is 0 Å². The van der Waals surface area contributed by atoms with Gasteiger partial charge in [0.1, 0.15) is 11.9 Å². The van der Waals surface area contributed by atoms with Crippen LogP contribution in [0, 0.1) is 0 Å². The molecule has 2 rings (SSSR count). The quantitative estimate of drug-likeness (QED) is 0.877. The first kappa shape index (κ1) is 13.8. The van der Waals surface area contributed by atoms with Crippen LogP contribution in [0.3, 0.4) is 0 Å². The Morgan fingerprint density at radius 3 is 2.40 bits per heavy atom. The van der Waals surface area contributed by atoms with Gasteiger partial charge in [-0.3, -0.25) is 0 Å². The number of aromatic carboxylic acids is 1. The second kappa shape index (κ2) is 5.16. The van der Waals surface area contributed by atoms with Gasteiger partial charge >= 0.3 is 12.3 Å². The summed E-state index contributed by atoms with van der Waals surface area (Å²) in [6.07, 6.45) is -3.13. The average molecular weight is 283 g/mol. The van der Waals surface area contributed by atoms with E-state index in [2.05, 4.69) is 9.97 Å². The molecule has 0 spiro atoms. The Kier molecular flexibility index (Phi) is 3.55. The Hall–Kier alpha value is -2.64. The number of hydrogen-bond donors (Lipinski definition) is 1. The van der Waals surface area contributed by atoms with Gasteiger partial charge in [-0.25, -0.2) is 19.7 Å². The Morgan fingerprint density at radius 2 is 1.85 bits per heavy atom. The highest BCUT2D eigenvalue weighted by Gasteiger charge is 2.41. The summed E-state index contributed by atoms with van der Waals surface area (Å²) >= 11 is 0. The van der Waals surface area contributed by atoms with E-state index in [9.17, 15) is 18.0 Å². The molecule has 5 nitrogen and oxygen atoms in total. The standard InChI is InChI=1S/C12H8F3N3O2/c13-12(14,15)18(8-4-2-1-3-5-8)10-9(11(19)20)6-16-7-17-10/h1-7H,(H,19,20). The SMILES string of the molecule is O=C(O)c1cncnc1N(c1ccccc1)C(F)(F)F. The number of benzene rings is 1. The maximum atomic E-state index is 13.2. The fourth-order valence-corrected chi connectivity index (χ4v) is 1.62. The van der Waals surface area contributed by atoms with Gasteiger partial charge in [0.25, 0.3) is 0 Å². The number of hydrogen-bond acceptors (Lipinski definition) is 4. The molecule has 1 aromatic carbocycles. The van der Waals surface area contributed by atoms with E-state index in [1.807, 2.05) is 0 Å². The minimum atomic E-state index is -4.82. The summed E-state index contributed by atoms with van der Waals surface area (Å²) in [6.45, 7) is 0. The molecule has 0 radical (unpaired) electrons. The molecule has 0 atom stereocenters. The van der Waals surface area contributed by atoms with Crippen molar-refractivity contribution in [3.05, 3.63) is 48.4 Å². The molecule has 0 aliphatic carbocycles. The highest BCUT2D eigenvalue weighted by molar-refractivity contribution is 5.94. The summed E-state index contributed by atoms with van der Waals surface area (Å²) < 4.78 is 39.6. The van der Waals surface area contributed by atoms with Gasteiger partial charge in [-0.15, -0.1) is 13.2 Å². The topological polar surface area (TPSA) is 66.3 Å². The maximum Gasteiger partial charge on any atom is 0.490 e. The highest BCUT2D eigenvalue weighted by Crippen LogP contribution is 2.36. The lowest BCUT2D eigenvalue weighted by molar-refractivity contribution is -0.121. The lowest BCUT2D eigenvalue weighted by Gasteiger charge is -2.26. The molecule has 2 aromatic rings. The van der Waals surface area contributed by atoms with Gasteiger partial charge in [0.15, 0.2) is 5.82 Å². The first-order valence-corrected chi connectivity index (χ1v) is 5.36. The molecule has 8 heteroatoms. The van der Waals surface area contributed by atoms with E-state index in [0.717, 1.165) is 12.5 Å². The van der Waals surface area contributed by atoms with E-state index in [1.54, 1.807) is 6.07 Å². The number of rotatable bonds is 3. The second-order valence-electron chi connectivity index (χ2n) is 3.70. The van der Waals surface area contributed by atoms with Crippen LogP contribution in [0.1, 0.15) is 10.4 Å². The van der Waals surface area contributed by atoms with Crippen molar-refractivity contribution in [3.8, 4) is 0 Å². The van der Waals surface area contributed by atoms with Crippen LogP contribution in [-0.4, -0.2) is 27.3 Å². The molecule has 104 valence electrons. The van der Waals surface area contributed by atoms with Gasteiger partial charge in [0.05, 0.1) is 5.69 Å². The largest absolute Gasteiger partial charge is 0.490 e. The van der Waals surface area contributed by atoms with E-state index in [-0.39, 0.29) is 10.6 Å². The summed E-state index contributed by atoms with van der Waals surface area (Å²) in [4.78, 5) is 17.8. The highest BCUT2D eigenvalue weighted by atomic mass is 19.4. The summed E-state index contributed by atoms with van der Waals surface area (Å²) in [5.74, 6) is -2.27. The van der Waals surface area contributed by atoms with Gasteiger partial charge in [0, 0.05) is 6.20 Å². The Labute approximate surface area is 111 Å². The number of para-hydroxylation sites is 1. The summed E-state index contributed by atoms with van der Waals surface area (Å²) in [6, 6.07) is 6.80. The molecule has 0 aliphatic rings. The number of halogens is 3. The molecular formula is C12H8F3N3O2. The third-order valence-corrected chi connectivity index (χ3v) is 2.40. The molecule has 1 heterocycles. The minimum absolute atomic E-state index is 0.0991. The van der Waals surface area contributed by atoms with E-state index in [0.29, 0.717) is 0 Å². The number of nitrogens with zero attached hydrogens (tertiary/aromatic N) is 3. The van der Waals surface area contributed by atoms with Gasteiger partial charge < -0.3 is 5.11 Å². The van der Waals surface area contributed by atoms with Crippen LogP contribution < -0.4 is 4.90 Å². The third-order valence-electron chi connectivity index (χ3n) is 2.40. The molecule has 0 saturated carbocycles. The predicted octanol–water partition coefficient (Wildman–Crippen LogP) is 2.83. The first-order chi connectivity index (χ1) is 9.41. The number of carbonyl (C=O) groups is 1. The zero-order valence-corrected chi connectivity index (χ0v) is 9.87. The molecular weight excluding hydrogens is 275 g/mol. The third kappa shape index (κ3) is 2.68. The molecule has 0 aliphatic heterocycles. The Morgan fingerprint density at radius 1 is 1.20 bits per heavy atom. The maximum absolute atomic E-state index is 13.2. The summed E-state index contributed by atoms with van der Waals surface area (Å²) in [5, 5.41) is 8.95. The lowest BCUT2D eigenvalue weighted by atomic mass is 10.2. The molecule has 20 heavy (non-hydrogen) atoms. The van der Waals surface area contributed by atoms with Crippen molar-refractivity contribution < 1.29 is 23.1 Å². The molecule has 0 unspecified atom stereocenters. The van der Waals surface area contributed by atoms with E-state index in [4.69, 9.17) is 5.11 Å². The number of carboxylic acids is 1. The van der Waals surface area contributed by atoms with Crippen molar-refractivity contribution in [3.63, 3.8) is 0 Å². The second-order valence-corrected chi connectivity index (χ2v) is 3.70. The number of alkyl halides is 3. The normalized spacial score (nSPS) is 11.2. The Balaban J connectivity index is 2.63. The van der Waals surface area contributed by atoms with Gasteiger partial charge in [-0.05, 0) is 12.1 Å². The molecule has 0 bridgehead atoms. The van der Waals surface area contributed by atoms with E-state index in [1.165, 1.54) is 24.3 Å².